The third-order valence-corrected chi connectivity index (χ3v) is 2.18. The van der Waals surface area contributed by atoms with E-state index in [1.54, 1.807) is 14.0 Å². The van der Waals surface area contributed by atoms with Crippen molar-refractivity contribution in [3.05, 3.63) is 30.2 Å². The van der Waals surface area contributed by atoms with Crippen molar-refractivity contribution < 1.29 is 9.26 Å². The highest BCUT2D eigenvalue weighted by molar-refractivity contribution is 5.55. The first-order chi connectivity index (χ1) is 7.70. The smallest absolute Gasteiger partial charge is 0.243 e. The summed E-state index contributed by atoms with van der Waals surface area (Å²) in [7, 11) is 1.62. The van der Waals surface area contributed by atoms with Crippen LogP contribution in [0.5, 0.6) is 5.75 Å². The molecule has 0 aliphatic rings. The van der Waals surface area contributed by atoms with Crippen LogP contribution in [0.3, 0.4) is 0 Å². The minimum absolute atomic E-state index is 0.250. The van der Waals surface area contributed by atoms with Gasteiger partial charge < -0.3 is 15.0 Å². The van der Waals surface area contributed by atoms with E-state index in [1.165, 1.54) is 0 Å². The molecule has 5 nitrogen and oxygen atoms in total. The van der Waals surface area contributed by atoms with Crippen molar-refractivity contribution in [2.24, 2.45) is 5.73 Å². The third-order valence-electron chi connectivity index (χ3n) is 2.18. The average molecular weight is 219 g/mol. The molecule has 16 heavy (non-hydrogen) atoms. The number of ether oxygens (including phenoxy) is 1. The molecule has 1 aromatic heterocycles. The first kappa shape index (κ1) is 10.6. The molecular weight excluding hydrogens is 206 g/mol. The molecule has 0 saturated carbocycles. The van der Waals surface area contributed by atoms with Gasteiger partial charge in [-0.1, -0.05) is 5.16 Å². The van der Waals surface area contributed by atoms with Gasteiger partial charge in [0.2, 0.25) is 11.7 Å². The lowest BCUT2D eigenvalue weighted by molar-refractivity contribution is 0.362. The van der Waals surface area contributed by atoms with E-state index in [-0.39, 0.29) is 6.04 Å². The first-order valence-electron chi connectivity index (χ1n) is 4.94. The zero-order valence-corrected chi connectivity index (χ0v) is 9.18. The van der Waals surface area contributed by atoms with Crippen molar-refractivity contribution >= 4 is 0 Å². The van der Waals surface area contributed by atoms with Crippen LogP contribution in [0.1, 0.15) is 18.9 Å². The summed E-state index contributed by atoms with van der Waals surface area (Å²) in [4.78, 5) is 4.19. The van der Waals surface area contributed by atoms with E-state index in [9.17, 15) is 0 Å². The van der Waals surface area contributed by atoms with E-state index in [0.29, 0.717) is 11.7 Å². The molecule has 0 fully saturated rings. The van der Waals surface area contributed by atoms with Gasteiger partial charge in [-0.2, -0.15) is 4.98 Å². The Morgan fingerprint density at radius 2 is 2.00 bits per heavy atom. The molecule has 0 unspecified atom stereocenters. The van der Waals surface area contributed by atoms with E-state index in [0.717, 1.165) is 11.3 Å². The van der Waals surface area contributed by atoms with Gasteiger partial charge in [0.05, 0.1) is 13.2 Å². The summed E-state index contributed by atoms with van der Waals surface area (Å²) >= 11 is 0. The Labute approximate surface area is 93.2 Å². The van der Waals surface area contributed by atoms with Crippen molar-refractivity contribution in [1.82, 2.24) is 10.1 Å². The van der Waals surface area contributed by atoms with E-state index in [4.69, 9.17) is 15.0 Å². The first-order valence-corrected chi connectivity index (χ1v) is 4.94. The van der Waals surface area contributed by atoms with Crippen LogP contribution in [0, 0.1) is 0 Å². The van der Waals surface area contributed by atoms with Gasteiger partial charge in [0.25, 0.3) is 0 Å². The Morgan fingerprint density at radius 3 is 2.50 bits per heavy atom. The molecule has 2 aromatic rings. The predicted octanol–water partition coefficient (Wildman–Crippen LogP) is 1.76. The summed E-state index contributed by atoms with van der Waals surface area (Å²) in [5.74, 6) is 1.76. The van der Waals surface area contributed by atoms with Gasteiger partial charge in [-0.3, -0.25) is 0 Å². The predicted molar refractivity (Wildman–Crippen MR) is 58.9 cm³/mol. The zero-order valence-electron chi connectivity index (χ0n) is 9.18. The number of aromatic nitrogens is 2. The number of nitrogens with two attached hydrogens (primary N) is 1. The molecule has 0 aliphatic carbocycles. The lowest BCUT2D eigenvalue weighted by Gasteiger charge is -1.99. The van der Waals surface area contributed by atoms with Crippen molar-refractivity contribution in [1.29, 1.82) is 0 Å². The maximum absolute atomic E-state index is 5.63. The van der Waals surface area contributed by atoms with Gasteiger partial charge in [0.15, 0.2) is 0 Å². The monoisotopic (exact) mass is 219 g/mol. The molecule has 84 valence electrons. The number of hydrogen-bond donors (Lipinski definition) is 1. The molecule has 1 heterocycles. The molecule has 0 radical (unpaired) electrons. The van der Waals surface area contributed by atoms with Crippen LogP contribution in [-0.4, -0.2) is 17.3 Å². The minimum atomic E-state index is -0.250. The van der Waals surface area contributed by atoms with Crippen LogP contribution in [0.25, 0.3) is 11.4 Å². The van der Waals surface area contributed by atoms with Gasteiger partial charge >= 0.3 is 0 Å². The second kappa shape index (κ2) is 4.32. The standard InChI is InChI=1S/C11H13N3O2/c1-7(12)11-13-10(14-16-11)8-3-5-9(15-2)6-4-8/h3-7H,12H2,1-2H3/t7-/m1/s1. The lowest BCUT2D eigenvalue weighted by atomic mass is 10.2. The van der Waals surface area contributed by atoms with Crippen LogP contribution in [-0.2, 0) is 0 Å². The Kier molecular flexibility index (Phi) is 2.87. The van der Waals surface area contributed by atoms with Gasteiger partial charge in [-0.25, -0.2) is 0 Å². The summed E-state index contributed by atoms with van der Waals surface area (Å²) < 4.78 is 10.1. The van der Waals surface area contributed by atoms with Gasteiger partial charge in [-0.15, -0.1) is 0 Å². The number of nitrogens with zero attached hydrogens (tertiary/aromatic N) is 2. The fraction of sp³-hybridized carbons (Fsp3) is 0.273. The van der Waals surface area contributed by atoms with Crippen molar-refractivity contribution in [3.8, 4) is 17.1 Å². The number of methoxy groups -OCH3 is 1. The molecule has 0 saturated heterocycles. The average Bonchev–Trinajstić information content (AvgIpc) is 2.78. The fourth-order valence-electron chi connectivity index (χ4n) is 1.28. The second-order valence-corrected chi connectivity index (χ2v) is 3.47. The molecule has 2 N–H and O–H groups in total. The minimum Gasteiger partial charge on any atom is -0.497 e. The quantitative estimate of drug-likeness (QED) is 0.851. The second-order valence-electron chi connectivity index (χ2n) is 3.47. The maximum atomic E-state index is 5.63. The summed E-state index contributed by atoms with van der Waals surface area (Å²) in [5.41, 5.74) is 6.51. The van der Waals surface area contributed by atoms with E-state index in [1.807, 2.05) is 24.3 Å². The summed E-state index contributed by atoms with van der Waals surface area (Å²) in [6.45, 7) is 1.80. The molecule has 2 rings (SSSR count). The Bertz CT molecular complexity index is 462. The molecule has 1 aromatic carbocycles. The molecule has 0 amide bonds. The van der Waals surface area contributed by atoms with Crippen molar-refractivity contribution in [2.45, 2.75) is 13.0 Å². The summed E-state index contributed by atoms with van der Waals surface area (Å²) in [6, 6.07) is 7.18. The molecule has 0 spiro atoms. The summed E-state index contributed by atoms with van der Waals surface area (Å²) in [5, 5.41) is 3.86. The summed E-state index contributed by atoms with van der Waals surface area (Å²) in [6.07, 6.45) is 0. The van der Waals surface area contributed by atoms with E-state index >= 15 is 0 Å². The zero-order chi connectivity index (χ0) is 11.5. The highest BCUT2D eigenvalue weighted by atomic mass is 16.5. The Balaban J connectivity index is 2.28. The molecule has 0 bridgehead atoms. The topological polar surface area (TPSA) is 74.2 Å². The van der Waals surface area contributed by atoms with E-state index in [2.05, 4.69) is 10.1 Å². The van der Waals surface area contributed by atoms with Crippen LogP contribution >= 0.6 is 0 Å². The van der Waals surface area contributed by atoms with Crippen molar-refractivity contribution in [3.63, 3.8) is 0 Å². The van der Waals surface area contributed by atoms with Crippen LogP contribution in [0.15, 0.2) is 28.8 Å². The molecule has 1 atom stereocenters. The normalized spacial score (nSPS) is 12.4. The largest absolute Gasteiger partial charge is 0.497 e. The Hall–Kier alpha value is -1.88. The SMILES string of the molecule is COc1ccc(-c2noc([C@@H](C)N)n2)cc1. The maximum Gasteiger partial charge on any atom is 0.243 e. The highest BCUT2D eigenvalue weighted by Crippen LogP contribution is 2.20. The fourth-order valence-corrected chi connectivity index (χ4v) is 1.28. The highest BCUT2D eigenvalue weighted by Gasteiger charge is 2.11. The van der Waals surface area contributed by atoms with Gasteiger partial charge in [0, 0.05) is 5.56 Å². The molecule has 0 aliphatic heterocycles. The van der Waals surface area contributed by atoms with Crippen LogP contribution in [0.2, 0.25) is 0 Å². The molecular formula is C11H13N3O2. The number of benzene rings is 1. The lowest BCUT2D eigenvalue weighted by Crippen LogP contribution is -2.04. The van der Waals surface area contributed by atoms with E-state index < -0.39 is 0 Å². The van der Waals surface area contributed by atoms with Crippen molar-refractivity contribution in [2.75, 3.05) is 7.11 Å². The Morgan fingerprint density at radius 1 is 1.31 bits per heavy atom. The van der Waals surface area contributed by atoms with Gasteiger partial charge in [-0.05, 0) is 31.2 Å². The van der Waals surface area contributed by atoms with Crippen LogP contribution in [0.4, 0.5) is 0 Å². The van der Waals surface area contributed by atoms with Gasteiger partial charge in [0.1, 0.15) is 5.75 Å². The number of rotatable bonds is 3. The number of hydrogen-bond acceptors (Lipinski definition) is 5. The van der Waals surface area contributed by atoms with Crippen LogP contribution < -0.4 is 10.5 Å². The third kappa shape index (κ3) is 2.04. The molecule has 5 heteroatoms.